The molecule has 3 rings (SSSR count). The highest BCUT2D eigenvalue weighted by Gasteiger charge is 2.31. The van der Waals surface area contributed by atoms with Gasteiger partial charge >= 0.3 is 6.18 Å². The van der Waals surface area contributed by atoms with E-state index >= 15 is 0 Å². The Bertz CT molecular complexity index is 921. The fourth-order valence-electron chi connectivity index (χ4n) is 2.21. The highest BCUT2D eigenvalue weighted by molar-refractivity contribution is 8.01. The smallest absolute Gasteiger partial charge is 0.323 e. The second-order valence-corrected chi connectivity index (χ2v) is 7.89. The highest BCUT2D eigenvalue weighted by Crippen LogP contribution is 2.38. The van der Waals surface area contributed by atoms with Crippen molar-refractivity contribution in [2.45, 2.75) is 15.8 Å². The van der Waals surface area contributed by atoms with Gasteiger partial charge < -0.3 is 5.32 Å². The van der Waals surface area contributed by atoms with Gasteiger partial charge in [-0.2, -0.15) is 13.2 Å². The number of halogens is 4. The SMILES string of the molecule is O=C(Nc1cc(C(F)(F)F)ccc1Cl)[C@@H](Sc1nncs1)c1ccccc1. The monoisotopic (exact) mass is 429 g/mol. The van der Waals surface area contributed by atoms with Gasteiger partial charge in [0.05, 0.1) is 16.3 Å². The molecule has 0 saturated heterocycles. The highest BCUT2D eigenvalue weighted by atomic mass is 35.5. The average molecular weight is 430 g/mol. The van der Waals surface area contributed by atoms with Crippen molar-refractivity contribution in [1.29, 1.82) is 0 Å². The number of benzene rings is 2. The lowest BCUT2D eigenvalue weighted by Crippen LogP contribution is -2.19. The number of nitrogens with zero attached hydrogens (tertiary/aromatic N) is 2. The Morgan fingerprint density at radius 1 is 1.19 bits per heavy atom. The Balaban J connectivity index is 1.89. The van der Waals surface area contributed by atoms with Gasteiger partial charge in [-0.1, -0.05) is 65.0 Å². The third-order valence-corrected chi connectivity index (χ3v) is 5.85. The largest absolute Gasteiger partial charge is 0.416 e. The molecule has 3 aromatic rings. The summed E-state index contributed by atoms with van der Waals surface area (Å²) in [5, 5.41) is 9.43. The van der Waals surface area contributed by atoms with Gasteiger partial charge in [0.15, 0.2) is 4.34 Å². The van der Waals surface area contributed by atoms with Crippen LogP contribution in [0, 0.1) is 0 Å². The summed E-state index contributed by atoms with van der Waals surface area (Å²) in [6.07, 6.45) is -4.54. The maximum Gasteiger partial charge on any atom is 0.416 e. The number of alkyl halides is 3. The fraction of sp³-hybridized carbons (Fsp3) is 0.118. The number of carbonyl (C=O) groups is 1. The lowest BCUT2D eigenvalue weighted by atomic mass is 10.1. The van der Waals surface area contributed by atoms with E-state index in [4.69, 9.17) is 11.6 Å². The van der Waals surface area contributed by atoms with E-state index in [0.29, 0.717) is 9.90 Å². The molecule has 1 N–H and O–H groups in total. The van der Waals surface area contributed by atoms with Crippen molar-refractivity contribution in [2.24, 2.45) is 0 Å². The zero-order valence-corrected chi connectivity index (χ0v) is 15.8. The molecule has 0 aliphatic carbocycles. The van der Waals surface area contributed by atoms with Crippen LogP contribution < -0.4 is 5.32 Å². The van der Waals surface area contributed by atoms with E-state index in [9.17, 15) is 18.0 Å². The topological polar surface area (TPSA) is 54.9 Å². The quantitative estimate of drug-likeness (QED) is 0.530. The van der Waals surface area contributed by atoms with Crippen LogP contribution >= 0.6 is 34.7 Å². The van der Waals surface area contributed by atoms with Crippen molar-refractivity contribution in [3.8, 4) is 0 Å². The van der Waals surface area contributed by atoms with Crippen LogP contribution in [0.3, 0.4) is 0 Å². The van der Waals surface area contributed by atoms with Crippen molar-refractivity contribution in [2.75, 3.05) is 5.32 Å². The minimum Gasteiger partial charge on any atom is -0.323 e. The van der Waals surface area contributed by atoms with Crippen LogP contribution in [0.15, 0.2) is 58.4 Å². The number of hydrogen-bond donors (Lipinski definition) is 1. The Hall–Kier alpha value is -2.10. The van der Waals surface area contributed by atoms with Crippen LogP contribution in [-0.2, 0) is 11.0 Å². The number of anilines is 1. The Morgan fingerprint density at radius 3 is 2.56 bits per heavy atom. The van der Waals surface area contributed by atoms with E-state index in [2.05, 4.69) is 15.5 Å². The van der Waals surface area contributed by atoms with Gasteiger partial charge in [0.1, 0.15) is 10.8 Å². The minimum absolute atomic E-state index is 0.0177. The number of thioether (sulfide) groups is 1. The fourth-order valence-corrected chi connectivity index (χ4v) is 4.05. The molecule has 27 heavy (non-hydrogen) atoms. The minimum atomic E-state index is -4.54. The van der Waals surface area contributed by atoms with Crippen LogP contribution in [0.2, 0.25) is 5.02 Å². The summed E-state index contributed by atoms with van der Waals surface area (Å²) in [6.45, 7) is 0. The second kappa shape index (κ2) is 8.28. The number of carbonyl (C=O) groups excluding carboxylic acids is 1. The number of aromatic nitrogens is 2. The van der Waals surface area contributed by atoms with E-state index in [1.54, 1.807) is 30.3 Å². The first kappa shape index (κ1) is 19.7. The van der Waals surface area contributed by atoms with E-state index < -0.39 is 22.9 Å². The molecule has 0 spiro atoms. The Labute approximate surface area is 165 Å². The summed E-state index contributed by atoms with van der Waals surface area (Å²) >= 11 is 8.40. The first-order chi connectivity index (χ1) is 12.8. The molecule has 0 radical (unpaired) electrons. The summed E-state index contributed by atoms with van der Waals surface area (Å²) in [5.41, 5.74) is 1.22. The molecular weight excluding hydrogens is 419 g/mol. The van der Waals surface area contributed by atoms with Crippen LogP contribution in [0.4, 0.5) is 18.9 Å². The summed E-state index contributed by atoms with van der Waals surface area (Å²) in [5.74, 6) is -0.511. The normalized spacial score (nSPS) is 12.6. The van der Waals surface area contributed by atoms with Gasteiger partial charge in [-0.25, -0.2) is 0 Å². The zero-order valence-electron chi connectivity index (χ0n) is 13.4. The summed E-state index contributed by atoms with van der Waals surface area (Å²) < 4.78 is 39.4. The molecule has 0 aliphatic heterocycles. The van der Waals surface area contributed by atoms with Gasteiger partial charge in [0.25, 0.3) is 0 Å². The maximum atomic E-state index is 12.9. The first-order valence-electron chi connectivity index (χ1n) is 7.50. The molecule has 0 saturated carbocycles. The van der Waals surface area contributed by atoms with Crippen LogP contribution in [-0.4, -0.2) is 16.1 Å². The molecule has 2 aromatic carbocycles. The molecule has 1 atom stereocenters. The predicted octanol–water partition coefficient (Wildman–Crippen LogP) is 5.68. The second-order valence-electron chi connectivity index (χ2n) is 5.29. The van der Waals surface area contributed by atoms with Gasteiger partial charge in [0, 0.05) is 0 Å². The molecule has 1 amide bonds. The standard InChI is InChI=1S/C17H11ClF3N3OS2/c18-12-7-6-11(17(19,20)21)8-13(12)23-15(25)14(10-4-2-1-3-5-10)27-16-24-22-9-26-16/h1-9,14H,(H,23,25)/t14-/m0/s1. The molecule has 0 aliphatic rings. The summed E-state index contributed by atoms with van der Waals surface area (Å²) in [7, 11) is 0. The molecule has 0 fully saturated rings. The molecular formula is C17H11ClF3N3OS2. The number of rotatable bonds is 5. The number of nitrogens with one attached hydrogen (secondary N) is 1. The average Bonchev–Trinajstić information content (AvgIpc) is 3.14. The van der Waals surface area contributed by atoms with Crippen molar-refractivity contribution < 1.29 is 18.0 Å². The first-order valence-corrected chi connectivity index (χ1v) is 9.63. The van der Waals surface area contributed by atoms with Crippen molar-refractivity contribution in [3.63, 3.8) is 0 Å². The molecule has 1 heterocycles. The Morgan fingerprint density at radius 2 is 1.93 bits per heavy atom. The lowest BCUT2D eigenvalue weighted by Gasteiger charge is -2.17. The van der Waals surface area contributed by atoms with Gasteiger partial charge in [-0.05, 0) is 23.8 Å². The number of amides is 1. The Kier molecular flexibility index (Phi) is 6.03. The third kappa shape index (κ3) is 5.00. The predicted molar refractivity (Wildman–Crippen MR) is 100 cm³/mol. The van der Waals surface area contributed by atoms with Crippen LogP contribution in [0.1, 0.15) is 16.4 Å². The van der Waals surface area contributed by atoms with E-state index in [-0.39, 0.29) is 10.7 Å². The molecule has 1 aromatic heterocycles. The molecule has 140 valence electrons. The van der Waals surface area contributed by atoms with E-state index in [0.717, 1.165) is 30.0 Å². The maximum absolute atomic E-state index is 12.9. The van der Waals surface area contributed by atoms with Crippen LogP contribution in [0.5, 0.6) is 0 Å². The van der Waals surface area contributed by atoms with Crippen LogP contribution in [0.25, 0.3) is 0 Å². The lowest BCUT2D eigenvalue weighted by molar-refractivity contribution is -0.137. The summed E-state index contributed by atoms with van der Waals surface area (Å²) in [4.78, 5) is 12.8. The summed E-state index contributed by atoms with van der Waals surface area (Å²) in [6, 6.07) is 11.6. The van der Waals surface area contributed by atoms with Gasteiger partial charge in [-0.15, -0.1) is 10.2 Å². The molecule has 0 bridgehead atoms. The number of hydrogen-bond acceptors (Lipinski definition) is 5. The van der Waals surface area contributed by atoms with E-state index in [1.165, 1.54) is 16.8 Å². The van der Waals surface area contributed by atoms with Gasteiger partial charge in [-0.3, -0.25) is 4.79 Å². The van der Waals surface area contributed by atoms with Crippen molar-refractivity contribution in [3.05, 3.63) is 70.2 Å². The zero-order chi connectivity index (χ0) is 19.4. The molecule has 4 nitrogen and oxygen atoms in total. The van der Waals surface area contributed by atoms with E-state index in [1.807, 2.05) is 0 Å². The van der Waals surface area contributed by atoms with Crippen molar-refractivity contribution >= 4 is 46.3 Å². The molecule has 10 heteroatoms. The molecule has 0 unspecified atom stereocenters. The van der Waals surface area contributed by atoms with Gasteiger partial charge in [0.2, 0.25) is 5.91 Å². The third-order valence-electron chi connectivity index (χ3n) is 3.45. The van der Waals surface area contributed by atoms with Crippen molar-refractivity contribution in [1.82, 2.24) is 10.2 Å².